The number of halogens is 3. The molecule has 0 aliphatic heterocycles. The van der Waals surface area contributed by atoms with Crippen LogP contribution in [0, 0.1) is 17.1 Å². The third-order valence-corrected chi connectivity index (χ3v) is 6.85. The summed E-state index contributed by atoms with van der Waals surface area (Å²) in [5.74, 6) is -0.0711. The van der Waals surface area contributed by atoms with Crippen LogP contribution in [0.3, 0.4) is 0 Å². The minimum absolute atomic E-state index is 0.0846. The second-order valence-corrected chi connectivity index (χ2v) is 11.6. The van der Waals surface area contributed by atoms with Crippen molar-refractivity contribution in [1.29, 1.82) is 5.26 Å². The second-order valence-electron chi connectivity index (χ2n) is 8.72. The lowest BCUT2D eigenvalue weighted by atomic mass is 9.77. The van der Waals surface area contributed by atoms with Gasteiger partial charge < -0.3 is 9.47 Å². The molecule has 0 bridgehead atoms. The maximum atomic E-state index is 14.6. The van der Waals surface area contributed by atoms with Crippen LogP contribution in [0.5, 0.6) is 11.5 Å². The van der Waals surface area contributed by atoms with E-state index >= 15 is 0 Å². The van der Waals surface area contributed by atoms with E-state index in [1.165, 1.54) is 12.3 Å². The summed E-state index contributed by atoms with van der Waals surface area (Å²) in [4.78, 5) is 3.83. The summed E-state index contributed by atoms with van der Waals surface area (Å²) in [6.45, 7) is 4.16. The van der Waals surface area contributed by atoms with Gasteiger partial charge >= 0.3 is 0 Å². The van der Waals surface area contributed by atoms with E-state index in [0.717, 1.165) is 17.4 Å². The SMILES string of the molecule is CC(C)(c1ccc(OCc2ccnc(CS(C)(=O)=O)c2F)cc1)c1cc(Cl)c(OCCCl)c(C#N)c1. The molecule has 0 unspecified atom stereocenters. The van der Waals surface area contributed by atoms with Gasteiger partial charge in [0.15, 0.2) is 21.4 Å². The first-order chi connectivity index (χ1) is 17.0. The zero-order valence-electron chi connectivity index (χ0n) is 20.0. The van der Waals surface area contributed by atoms with E-state index in [1.54, 1.807) is 24.3 Å². The third kappa shape index (κ3) is 6.67. The van der Waals surface area contributed by atoms with Crippen LogP contribution in [0.25, 0.3) is 0 Å². The number of hydrogen-bond donors (Lipinski definition) is 0. The topological polar surface area (TPSA) is 89.3 Å². The highest BCUT2D eigenvalue weighted by molar-refractivity contribution is 7.89. The van der Waals surface area contributed by atoms with Gasteiger partial charge in [-0.15, -0.1) is 11.6 Å². The van der Waals surface area contributed by atoms with Crippen molar-refractivity contribution in [3.8, 4) is 17.6 Å². The van der Waals surface area contributed by atoms with Crippen LogP contribution < -0.4 is 9.47 Å². The Hall–Kier alpha value is -2.86. The molecule has 0 aliphatic rings. The van der Waals surface area contributed by atoms with Gasteiger partial charge in [0, 0.05) is 23.4 Å². The molecule has 0 atom stereocenters. The Morgan fingerprint density at radius 2 is 1.81 bits per heavy atom. The summed E-state index contributed by atoms with van der Waals surface area (Å²) >= 11 is 12.1. The molecule has 0 aliphatic carbocycles. The highest BCUT2D eigenvalue weighted by Gasteiger charge is 2.26. The number of nitriles is 1. The third-order valence-electron chi connectivity index (χ3n) is 5.62. The van der Waals surface area contributed by atoms with E-state index in [4.69, 9.17) is 32.7 Å². The molecule has 0 fully saturated rings. The molecule has 0 saturated heterocycles. The van der Waals surface area contributed by atoms with E-state index < -0.39 is 26.8 Å². The van der Waals surface area contributed by atoms with E-state index in [9.17, 15) is 18.1 Å². The molecule has 3 aromatic rings. The van der Waals surface area contributed by atoms with Gasteiger partial charge in [-0.3, -0.25) is 4.98 Å². The minimum atomic E-state index is -3.42. The summed E-state index contributed by atoms with van der Waals surface area (Å²) in [6.07, 6.45) is 2.39. The lowest BCUT2D eigenvalue weighted by Gasteiger charge is -2.27. The van der Waals surface area contributed by atoms with Gasteiger partial charge in [-0.1, -0.05) is 37.6 Å². The minimum Gasteiger partial charge on any atom is -0.489 e. The maximum Gasteiger partial charge on any atom is 0.155 e. The number of rotatable bonds is 10. The molecule has 36 heavy (non-hydrogen) atoms. The number of ether oxygens (including phenoxy) is 2. The Bertz CT molecular complexity index is 1390. The molecule has 2 aromatic carbocycles. The van der Waals surface area contributed by atoms with Gasteiger partial charge in [0.2, 0.25) is 0 Å². The number of nitrogens with zero attached hydrogens (tertiary/aromatic N) is 2. The molecule has 1 aromatic heterocycles. The Balaban J connectivity index is 1.78. The molecule has 0 radical (unpaired) electrons. The Kier molecular flexibility index (Phi) is 8.83. The zero-order valence-corrected chi connectivity index (χ0v) is 22.3. The fourth-order valence-corrected chi connectivity index (χ4v) is 4.66. The molecular formula is C26H25Cl2FN2O4S. The second kappa shape index (κ2) is 11.5. The normalized spacial score (nSPS) is 11.7. The van der Waals surface area contributed by atoms with Gasteiger partial charge in [0.25, 0.3) is 0 Å². The first kappa shape index (κ1) is 27.7. The number of pyridine rings is 1. The number of alkyl halides is 1. The summed E-state index contributed by atoms with van der Waals surface area (Å²) < 4.78 is 48.9. The Morgan fingerprint density at radius 3 is 2.42 bits per heavy atom. The van der Waals surface area contributed by atoms with E-state index in [0.29, 0.717) is 22.1 Å². The van der Waals surface area contributed by atoms with Crippen LogP contribution in [0.4, 0.5) is 4.39 Å². The van der Waals surface area contributed by atoms with Crippen LogP contribution in [-0.2, 0) is 27.6 Å². The Labute approximate surface area is 220 Å². The first-order valence-electron chi connectivity index (χ1n) is 10.9. The zero-order chi connectivity index (χ0) is 26.5. The van der Waals surface area contributed by atoms with Crippen molar-refractivity contribution in [3.05, 3.63) is 87.4 Å². The fourth-order valence-electron chi connectivity index (χ4n) is 3.61. The number of hydrogen-bond acceptors (Lipinski definition) is 6. The van der Waals surface area contributed by atoms with E-state index in [2.05, 4.69) is 11.1 Å². The predicted molar refractivity (Wildman–Crippen MR) is 138 cm³/mol. The van der Waals surface area contributed by atoms with Crippen LogP contribution in [0.15, 0.2) is 48.7 Å². The molecule has 6 nitrogen and oxygen atoms in total. The molecule has 0 saturated carbocycles. The van der Waals surface area contributed by atoms with Crippen LogP contribution >= 0.6 is 23.2 Å². The number of sulfone groups is 1. The van der Waals surface area contributed by atoms with Crippen molar-refractivity contribution in [1.82, 2.24) is 4.98 Å². The summed E-state index contributed by atoms with van der Waals surface area (Å²) in [5, 5.41) is 9.92. The lowest BCUT2D eigenvalue weighted by Crippen LogP contribution is -2.19. The highest BCUT2D eigenvalue weighted by atomic mass is 35.5. The molecule has 0 spiro atoms. The summed E-state index contributed by atoms with van der Waals surface area (Å²) in [5.41, 5.74) is 1.66. The first-order valence-corrected chi connectivity index (χ1v) is 13.9. The molecule has 1 heterocycles. The van der Waals surface area contributed by atoms with Gasteiger partial charge in [-0.05, 0) is 41.5 Å². The van der Waals surface area contributed by atoms with Gasteiger partial charge in [0.05, 0.1) is 27.9 Å². The van der Waals surface area contributed by atoms with Gasteiger partial charge in [-0.2, -0.15) is 5.26 Å². The van der Waals surface area contributed by atoms with Crippen molar-refractivity contribution in [2.75, 3.05) is 18.7 Å². The lowest BCUT2D eigenvalue weighted by molar-refractivity contribution is 0.299. The molecule has 10 heteroatoms. The van der Waals surface area contributed by atoms with Crippen molar-refractivity contribution >= 4 is 33.0 Å². The monoisotopic (exact) mass is 550 g/mol. The quantitative estimate of drug-likeness (QED) is 0.296. The van der Waals surface area contributed by atoms with Gasteiger partial charge in [0.1, 0.15) is 25.0 Å². The molecule has 0 amide bonds. The summed E-state index contributed by atoms with van der Waals surface area (Å²) in [6, 6.07) is 14.4. The van der Waals surface area contributed by atoms with Crippen LogP contribution in [-0.4, -0.2) is 32.1 Å². The Morgan fingerprint density at radius 1 is 1.11 bits per heavy atom. The van der Waals surface area contributed by atoms with Crippen LogP contribution in [0.2, 0.25) is 5.02 Å². The maximum absolute atomic E-state index is 14.6. The number of aromatic nitrogens is 1. The average Bonchev–Trinajstić information content (AvgIpc) is 2.82. The molecule has 190 valence electrons. The molecular weight excluding hydrogens is 526 g/mol. The average molecular weight is 551 g/mol. The number of benzene rings is 2. The highest BCUT2D eigenvalue weighted by Crippen LogP contribution is 2.38. The van der Waals surface area contributed by atoms with Crippen molar-refractivity contribution in [3.63, 3.8) is 0 Å². The largest absolute Gasteiger partial charge is 0.489 e. The summed E-state index contributed by atoms with van der Waals surface area (Å²) in [7, 11) is -3.42. The van der Waals surface area contributed by atoms with E-state index in [-0.39, 0.29) is 30.4 Å². The van der Waals surface area contributed by atoms with Crippen LogP contribution in [0.1, 0.15) is 41.8 Å². The van der Waals surface area contributed by atoms with Crippen molar-refractivity contribution in [2.45, 2.75) is 31.6 Å². The molecule has 0 N–H and O–H groups in total. The van der Waals surface area contributed by atoms with Gasteiger partial charge in [-0.25, -0.2) is 12.8 Å². The van der Waals surface area contributed by atoms with Crippen molar-refractivity contribution in [2.24, 2.45) is 0 Å². The standard InChI is InChI=1S/C26H25Cl2FN2O4S/c1-26(2,20-12-18(14-30)25(22(28)13-20)34-11-9-27)19-4-6-21(7-5-19)35-15-17-8-10-31-23(24(17)29)16-36(3,32)33/h4-8,10,12-13H,9,11,15-16H2,1-3H3. The predicted octanol–water partition coefficient (Wildman–Crippen LogP) is 5.81. The van der Waals surface area contributed by atoms with Crippen molar-refractivity contribution < 1.29 is 22.3 Å². The smallest absolute Gasteiger partial charge is 0.155 e. The fraction of sp³-hybridized carbons (Fsp3) is 0.308. The molecule has 3 rings (SSSR count). The van der Waals surface area contributed by atoms with E-state index in [1.807, 2.05) is 26.0 Å².